The zero-order chi connectivity index (χ0) is 14.4. The molecule has 135 valence electrons. The zero-order valence-electron chi connectivity index (χ0n) is 13.0. The van der Waals surface area contributed by atoms with E-state index in [1.165, 1.54) is 32.0 Å². The minimum absolute atomic E-state index is 0. The molecule has 0 unspecified atom stereocenters. The van der Waals surface area contributed by atoms with Gasteiger partial charge < -0.3 is 4.90 Å². The van der Waals surface area contributed by atoms with E-state index in [1.807, 2.05) is 13.8 Å². The van der Waals surface area contributed by atoms with Crippen LogP contribution in [0.25, 0.3) is 0 Å². The fourth-order valence-corrected chi connectivity index (χ4v) is 2.13. The summed E-state index contributed by atoms with van der Waals surface area (Å²) in [7, 11) is 0. The molecule has 4 heteroatoms. The first-order chi connectivity index (χ1) is 8.91. The van der Waals surface area contributed by atoms with Crippen LogP contribution >= 0.6 is 0 Å². The Kier molecular flexibility index (Phi) is 21.1. The predicted molar refractivity (Wildman–Crippen MR) is 96.6 cm³/mol. The maximum absolute atomic E-state index is 12.6. The smallest absolute Gasteiger partial charge is 0.159 e. The number of halogens is 2. The molecule has 1 heterocycles. The maximum atomic E-state index is 12.6. The molecular formula is C19H37F2NY. The summed E-state index contributed by atoms with van der Waals surface area (Å²) in [5.74, 6) is -1.31. The molecule has 1 aliphatic rings. The number of likely N-dealkylation sites (tertiary alicyclic amines) is 1. The largest absolute Gasteiger partial charge is 0.301 e. The minimum Gasteiger partial charge on any atom is -0.301 e. The first-order valence-electron chi connectivity index (χ1n) is 7.10. The van der Waals surface area contributed by atoms with Crippen LogP contribution in [-0.4, -0.2) is 24.0 Å². The summed E-state index contributed by atoms with van der Waals surface area (Å²) >= 11 is 0. The molecule has 0 spiro atoms. The number of nitrogens with zero attached hydrogens (tertiary/aromatic N) is 1. The molecule has 1 aliphatic heterocycles. The van der Waals surface area contributed by atoms with Crippen molar-refractivity contribution in [1.29, 1.82) is 0 Å². The molecule has 1 radical (unpaired) electrons. The summed E-state index contributed by atoms with van der Waals surface area (Å²) in [6.07, 6.45) is 2.83. The Morgan fingerprint density at radius 1 is 0.870 bits per heavy atom. The van der Waals surface area contributed by atoms with Gasteiger partial charge >= 0.3 is 0 Å². The van der Waals surface area contributed by atoms with Gasteiger partial charge in [-0.2, -0.15) is 0 Å². The average molecular weight is 406 g/mol. The first kappa shape index (κ1) is 31.0. The van der Waals surface area contributed by atoms with Gasteiger partial charge in [-0.15, -0.1) is 0 Å². The predicted octanol–water partition coefficient (Wildman–Crippen LogP) is 6.48. The SMILES string of the molecule is C.C.C.CC(C)N1CCCC1.CC(C)c1ccc(F)c(F)c1.[Y]. The molecule has 0 amide bonds. The van der Waals surface area contributed by atoms with Crippen LogP contribution in [0.1, 0.15) is 74.3 Å². The van der Waals surface area contributed by atoms with E-state index in [0.29, 0.717) is 0 Å². The topological polar surface area (TPSA) is 3.24 Å². The summed E-state index contributed by atoms with van der Waals surface area (Å²) in [6, 6.07) is 4.77. The van der Waals surface area contributed by atoms with Crippen molar-refractivity contribution >= 4 is 0 Å². The molecule has 1 saturated heterocycles. The standard InChI is InChI=1S/C9H10F2.C7H15N.3CH4.Y/c1-6(2)7-3-4-8(10)9(11)5-7;1-7(2)8-5-3-4-6-8;;;;/h3-6H,1-2H3;7H,3-6H2,1-2H3;3*1H4;. The summed E-state index contributed by atoms with van der Waals surface area (Å²) in [6.45, 7) is 11.1. The molecule has 1 aromatic carbocycles. The van der Waals surface area contributed by atoms with Crippen LogP contribution in [0.15, 0.2) is 18.2 Å². The fourth-order valence-electron chi connectivity index (χ4n) is 2.13. The maximum Gasteiger partial charge on any atom is 0.159 e. The quantitative estimate of drug-likeness (QED) is 0.543. The molecular weight excluding hydrogens is 369 g/mol. The fraction of sp³-hybridized carbons (Fsp3) is 0.684. The molecule has 1 aromatic rings. The van der Waals surface area contributed by atoms with Crippen molar-refractivity contribution in [2.45, 2.75) is 74.8 Å². The van der Waals surface area contributed by atoms with Crippen LogP contribution in [0.2, 0.25) is 0 Å². The van der Waals surface area contributed by atoms with E-state index in [9.17, 15) is 8.78 Å². The molecule has 23 heavy (non-hydrogen) atoms. The molecule has 0 N–H and O–H groups in total. The van der Waals surface area contributed by atoms with E-state index in [-0.39, 0.29) is 60.9 Å². The normalized spacial score (nSPS) is 13.0. The molecule has 0 saturated carbocycles. The Labute approximate surface area is 169 Å². The molecule has 0 aromatic heterocycles. The third-order valence-corrected chi connectivity index (χ3v) is 3.48. The first-order valence-corrected chi connectivity index (χ1v) is 7.10. The van der Waals surface area contributed by atoms with Crippen molar-refractivity contribution in [3.05, 3.63) is 35.4 Å². The van der Waals surface area contributed by atoms with Crippen molar-refractivity contribution in [2.75, 3.05) is 13.1 Å². The zero-order valence-corrected chi connectivity index (χ0v) is 15.8. The van der Waals surface area contributed by atoms with Crippen molar-refractivity contribution in [2.24, 2.45) is 0 Å². The third kappa shape index (κ3) is 11.3. The van der Waals surface area contributed by atoms with Gasteiger partial charge in [-0.05, 0) is 63.4 Å². The van der Waals surface area contributed by atoms with E-state index in [0.717, 1.165) is 17.7 Å². The molecule has 0 bridgehead atoms. The van der Waals surface area contributed by atoms with Gasteiger partial charge in [-0.25, -0.2) is 8.78 Å². The Morgan fingerprint density at radius 3 is 1.65 bits per heavy atom. The molecule has 1 fully saturated rings. The van der Waals surface area contributed by atoms with Crippen LogP contribution < -0.4 is 0 Å². The number of hydrogen-bond donors (Lipinski definition) is 0. The summed E-state index contributed by atoms with van der Waals surface area (Å²) in [4.78, 5) is 2.53. The second-order valence-electron chi connectivity index (χ2n) is 5.67. The van der Waals surface area contributed by atoms with Crippen LogP contribution in [-0.2, 0) is 32.7 Å². The van der Waals surface area contributed by atoms with Crippen molar-refractivity contribution in [1.82, 2.24) is 4.90 Å². The van der Waals surface area contributed by atoms with Gasteiger partial charge in [0.05, 0.1) is 0 Å². The summed E-state index contributed by atoms with van der Waals surface area (Å²) in [5.41, 5.74) is 0.823. The minimum atomic E-state index is -0.783. The van der Waals surface area contributed by atoms with E-state index >= 15 is 0 Å². The molecule has 2 rings (SSSR count). The Hall–Kier alpha value is 0.144. The van der Waals surface area contributed by atoms with Crippen LogP contribution in [0, 0.1) is 11.6 Å². The van der Waals surface area contributed by atoms with Gasteiger partial charge in [0.25, 0.3) is 0 Å². The van der Waals surface area contributed by atoms with Crippen molar-refractivity contribution in [3.8, 4) is 0 Å². The van der Waals surface area contributed by atoms with Crippen molar-refractivity contribution < 1.29 is 41.5 Å². The Balaban J connectivity index is -0.000000138. The molecule has 0 atom stereocenters. The van der Waals surface area contributed by atoms with Crippen LogP contribution in [0.5, 0.6) is 0 Å². The number of hydrogen-bond acceptors (Lipinski definition) is 1. The second kappa shape index (κ2) is 15.7. The number of benzene rings is 1. The van der Waals surface area contributed by atoms with Crippen LogP contribution in [0.4, 0.5) is 8.78 Å². The van der Waals surface area contributed by atoms with E-state index in [2.05, 4.69) is 18.7 Å². The van der Waals surface area contributed by atoms with Gasteiger partial charge in [0.2, 0.25) is 0 Å². The summed E-state index contributed by atoms with van der Waals surface area (Å²) < 4.78 is 25.0. The Morgan fingerprint density at radius 2 is 1.35 bits per heavy atom. The number of rotatable bonds is 2. The average Bonchev–Trinajstić information content (AvgIpc) is 2.87. The second-order valence-corrected chi connectivity index (χ2v) is 5.67. The van der Waals surface area contributed by atoms with Gasteiger partial charge in [0, 0.05) is 38.8 Å². The third-order valence-electron chi connectivity index (χ3n) is 3.48. The Bertz CT molecular complexity index is 389. The van der Waals surface area contributed by atoms with Crippen molar-refractivity contribution in [3.63, 3.8) is 0 Å². The molecule has 1 nitrogen and oxygen atoms in total. The monoisotopic (exact) mass is 406 g/mol. The van der Waals surface area contributed by atoms with Gasteiger partial charge in [0.15, 0.2) is 11.6 Å². The van der Waals surface area contributed by atoms with Gasteiger partial charge in [-0.1, -0.05) is 42.2 Å². The molecule has 0 aliphatic carbocycles. The van der Waals surface area contributed by atoms with Crippen LogP contribution in [0.3, 0.4) is 0 Å². The van der Waals surface area contributed by atoms with Gasteiger partial charge in [0.1, 0.15) is 0 Å². The van der Waals surface area contributed by atoms with E-state index < -0.39 is 11.6 Å². The van der Waals surface area contributed by atoms with E-state index in [4.69, 9.17) is 0 Å². The van der Waals surface area contributed by atoms with Gasteiger partial charge in [-0.3, -0.25) is 0 Å². The summed E-state index contributed by atoms with van der Waals surface area (Å²) in [5, 5.41) is 0. The van der Waals surface area contributed by atoms with E-state index in [1.54, 1.807) is 6.07 Å².